The van der Waals surface area contributed by atoms with E-state index < -0.39 is 5.60 Å². The Kier molecular flexibility index (Phi) is 3.85. The third-order valence-electron chi connectivity index (χ3n) is 3.60. The van der Waals surface area contributed by atoms with Crippen LogP contribution in [0.15, 0.2) is 24.3 Å². The summed E-state index contributed by atoms with van der Waals surface area (Å²) in [6.45, 7) is 6.17. The van der Waals surface area contributed by atoms with Crippen molar-refractivity contribution in [3.63, 3.8) is 0 Å². The van der Waals surface area contributed by atoms with Crippen LogP contribution in [0.1, 0.15) is 43.7 Å². The highest BCUT2D eigenvalue weighted by atomic mass is 16.3. The molecule has 1 saturated heterocycles. The summed E-state index contributed by atoms with van der Waals surface area (Å²) in [6.07, 6.45) is 2.74. The Balaban J connectivity index is 2.09. The van der Waals surface area contributed by atoms with Gasteiger partial charge in [-0.25, -0.2) is 0 Å². The molecule has 2 rings (SSSR count). The summed E-state index contributed by atoms with van der Waals surface area (Å²) in [5.41, 5.74) is 2.06. The summed E-state index contributed by atoms with van der Waals surface area (Å²) < 4.78 is 0. The minimum Gasteiger partial charge on any atom is -0.388 e. The smallest absolute Gasteiger partial charge is 0.0812 e. The van der Waals surface area contributed by atoms with Crippen LogP contribution in [0.5, 0.6) is 0 Å². The van der Waals surface area contributed by atoms with E-state index in [4.69, 9.17) is 0 Å². The predicted octanol–water partition coefficient (Wildman–Crippen LogP) is 2.47. The van der Waals surface area contributed by atoms with E-state index in [0.29, 0.717) is 5.92 Å². The first kappa shape index (κ1) is 12.6. The Morgan fingerprint density at radius 1 is 1.41 bits per heavy atom. The number of aliphatic hydroxyl groups is 1. The zero-order valence-electron chi connectivity index (χ0n) is 10.9. The molecule has 1 aliphatic heterocycles. The lowest BCUT2D eigenvalue weighted by atomic mass is 9.86. The number of piperidine rings is 1. The SMILES string of the molecule is CC(C)c1cccc(CC2(O)CCCNC2)c1. The van der Waals surface area contributed by atoms with Gasteiger partial charge in [0.2, 0.25) is 0 Å². The van der Waals surface area contributed by atoms with E-state index >= 15 is 0 Å². The molecule has 0 bridgehead atoms. The van der Waals surface area contributed by atoms with Gasteiger partial charge in [-0.1, -0.05) is 38.1 Å². The molecule has 0 spiro atoms. The van der Waals surface area contributed by atoms with Crippen LogP contribution in [0, 0.1) is 0 Å². The average Bonchev–Trinajstić information content (AvgIpc) is 2.29. The quantitative estimate of drug-likeness (QED) is 0.840. The highest BCUT2D eigenvalue weighted by Crippen LogP contribution is 2.23. The number of hydrogen-bond acceptors (Lipinski definition) is 2. The zero-order chi connectivity index (χ0) is 12.3. The maximum Gasteiger partial charge on any atom is 0.0812 e. The molecule has 0 aromatic heterocycles. The minimum absolute atomic E-state index is 0.548. The van der Waals surface area contributed by atoms with Crippen LogP contribution in [0.4, 0.5) is 0 Å². The van der Waals surface area contributed by atoms with Crippen molar-refractivity contribution in [3.05, 3.63) is 35.4 Å². The average molecular weight is 233 g/mol. The highest BCUT2D eigenvalue weighted by Gasteiger charge is 2.29. The topological polar surface area (TPSA) is 32.3 Å². The summed E-state index contributed by atoms with van der Waals surface area (Å²) in [5.74, 6) is 0.550. The Morgan fingerprint density at radius 2 is 2.24 bits per heavy atom. The summed E-state index contributed by atoms with van der Waals surface area (Å²) in [7, 11) is 0. The molecular formula is C15H23NO. The first-order chi connectivity index (χ1) is 8.09. The molecule has 17 heavy (non-hydrogen) atoms. The van der Waals surface area contributed by atoms with Crippen LogP contribution in [0.3, 0.4) is 0 Å². The summed E-state index contributed by atoms with van der Waals surface area (Å²) >= 11 is 0. The zero-order valence-corrected chi connectivity index (χ0v) is 10.9. The Bertz CT molecular complexity index is 367. The van der Waals surface area contributed by atoms with Gasteiger partial charge in [-0.2, -0.15) is 0 Å². The summed E-state index contributed by atoms with van der Waals surface area (Å²) in [4.78, 5) is 0. The summed E-state index contributed by atoms with van der Waals surface area (Å²) in [5, 5.41) is 13.8. The van der Waals surface area contributed by atoms with Crippen LogP contribution in [0.2, 0.25) is 0 Å². The maximum absolute atomic E-state index is 10.5. The Hall–Kier alpha value is -0.860. The molecule has 2 nitrogen and oxygen atoms in total. The van der Waals surface area contributed by atoms with Gasteiger partial charge in [0, 0.05) is 13.0 Å². The molecule has 2 heteroatoms. The van der Waals surface area contributed by atoms with Gasteiger partial charge in [-0.15, -0.1) is 0 Å². The molecule has 0 radical (unpaired) electrons. The van der Waals surface area contributed by atoms with Crippen LogP contribution < -0.4 is 5.32 Å². The van der Waals surface area contributed by atoms with Crippen molar-refractivity contribution in [1.29, 1.82) is 0 Å². The number of nitrogens with one attached hydrogen (secondary N) is 1. The van der Waals surface area contributed by atoms with Gasteiger partial charge in [-0.3, -0.25) is 0 Å². The normalized spacial score (nSPS) is 25.2. The molecule has 0 saturated carbocycles. The molecule has 0 amide bonds. The molecule has 1 unspecified atom stereocenters. The van der Waals surface area contributed by atoms with Gasteiger partial charge in [0.05, 0.1) is 5.60 Å². The van der Waals surface area contributed by atoms with Gasteiger partial charge >= 0.3 is 0 Å². The fourth-order valence-corrected chi connectivity index (χ4v) is 2.54. The van der Waals surface area contributed by atoms with E-state index in [1.54, 1.807) is 0 Å². The van der Waals surface area contributed by atoms with Gasteiger partial charge in [0.1, 0.15) is 0 Å². The molecule has 2 N–H and O–H groups in total. The lowest BCUT2D eigenvalue weighted by Gasteiger charge is -2.33. The lowest BCUT2D eigenvalue weighted by Crippen LogP contribution is -2.47. The standard InChI is InChI=1S/C15H23NO/c1-12(2)14-6-3-5-13(9-14)10-15(17)7-4-8-16-11-15/h3,5-6,9,12,16-17H,4,7-8,10-11H2,1-2H3. The molecule has 1 aromatic carbocycles. The first-order valence-electron chi connectivity index (χ1n) is 6.61. The van der Waals surface area contributed by atoms with Crippen molar-refractivity contribution in [3.8, 4) is 0 Å². The Morgan fingerprint density at radius 3 is 2.88 bits per heavy atom. The number of benzene rings is 1. The van der Waals surface area contributed by atoms with E-state index in [-0.39, 0.29) is 0 Å². The third kappa shape index (κ3) is 3.30. The molecule has 0 aliphatic carbocycles. The second-order valence-electron chi connectivity index (χ2n) is 5.58. The molecule has 1 fully saturated rings. The number of hydrogen-bond donors (Lipinski definition) is 2. The third-order valence-corrected chi connectivity index (χ3v) is 3.60. The van der Waals surface area contributed by atoms with E-state index in [1.807, 2.05) is 0 Å². The van der Waals surface area contributed by atoms with Gasteiger partial charge < -0.3 is 10.4 Å². The molecule has 1 aliphatic rings. The molecule has 1 atom stereocenters. The number of β-amino-alcohol motifs (C(OH)–C–C–N with tert-alkyl or cyclic N) is 1. The van der Waals surface area contributed by atoms with Crippen molar-refractivity contribution >= 4 is 0 Å². The van der Waals surface area contributed by atoms with Crippen LogP contribution in [-0.2, 0) is 6.42 Å². The van der Waals surface area contributed by atoms with E-state index in [9.17, 15) is 5.11 Å². The first-order valence-corrected chi connectivity index (χ1v) is 6.61. The molecule has 1 aromatic rings. The van der Waals surface area contributed by atoms with E-state index in [1.165, 1.54) is 11.1 Å². The van der Waals surface area contributed by atoms with Gasteiger partial charge in [0.25, 0.3) is 0 Å². The van der Waals surface area contributed by atoms with Gasteiger partial charge in [0.15, 0.2) is 0 Å². The van der Waals surface area contributed by atoms with Crippen molar-refractivity contribution in [2.45, 2.75) is 44.6 Å². The van der Waals surface area contributed by atoms with Gasteiger partial charge in [-0.05, 0) is 36.4 Å². The molecule has 1 heterocycles. The van der Waals surface area contributed by atoms with Crippen molar-refractivity contribution < 1.29 is 5.11 Å². The second kappa shape index (κ2) is 5.19. The number of rotatable bonds is 3. The van der Waals surface area contributed by atoms with E-state index in [0.717, 1.165) is 32.4 Å². The fourth-order valence-electron chi connectivity index (χ4n) is 2.54. The highest BCUT2D eigenvalue weighted by molar-refractivity contribution is 5.27. The molecular weight excluding hydrogens is 210 g/mol. The second-order valence-corrected chi connectivity index (χ2v) is 5.58. The van der Waals surface area contributed by atoms with Crippen molar-refractivity contribution in [2.24, 2.45) is 0 Å². The van der Waals surface area contributed by atoms with Crippen LogP contribution in [-0.4, -0.2) is 23.8 Å². The van der Waals surface area contributed by atoms with E-state index in [2.05, 4.69) is 43.4 Å². The minimum atomic E-state index is -0.548. The largest absolute Gasteiger partial charge is 0.388 e. The fraction of sp³-hybridized carbons (Fsp3) is 0.600. The van der Waals surface area contributed by atoms with Crippen LogP contribution in [0.25, 0.3) is 0 Å². The lowest BCUT2D eigenvalue weighted by molar-refractivity contribution is 0.0169. The summed E-state index contributed by atoms with van der Waals surface area (Å²) in [6, 6.07) is 8.62. The molecule has 94 valence electrons. The monoisotopic (exact) mass is 233 g/mol. The van der Waals surface area contributed by atoms with Crippen molar-refractivity contribution in [2.75, 3.05) is 13.1 Å². The maximum atomic E-state index is 10.5. The van der Waals surface area contributed by atoms with Crippen LogP contribution >= 0.6 is 0 Å². The Labute approximate surface area is 104 Å². The predicted molar refractivity (Wildman–Crippen MR) is 71.3 cm³/mol. The van der Waals surface area contributed by atoms with Crippen molar-refractivity contribution in [1.82, 2.24) is 5.32 Å².